The summed E-state index contributed by atoms with van der Waals surface area (Å²) in [5.41, 5.74) is 5.56. The quantitative estimate of drug-likeness (QED) is 0.680. The fraction of sp³-hybridized carbons (Fsp3) is 0.900. The number of fused-ring (bicyclic) bond motifs is 2. The number of likely N-dealkylation sites (tertiary alicyclic amines) is 1. The van der Waals surface area contributed by atoms with Crippen LogP contribution in [0.25, 0.3) is 0 Å². The molecule has 1 aliphatic carbocycles. The predicted molar refractivity (Wildman–Crippen MR) is 58.7 cm³/mol. The van der Waals surface area contributed by atoms with Crippen molar-refractivity contribution >= 4 is 17.2 Å². The molecule has 0 aromatic heterocycles. The highest BCUT2D eigenvalue weighted by Gasteiger charge is 2.30. The van der Waals surface area contributed by atoms with Crippen molar-refractivity contribution in [3.05, 3.63) is 0 Å². The molecule has 2 N–H and O–H groups in total. The van der Waals surface area contributed by atoms with Gasteiger partial charge in [-0.05, 0) is 31.1 Å². The second-order valence-corrected chi connectivity index (χ2v) is 5.08. The Hall–Kier alpha value is -0.150. The van der Waals surface area contributed by atoms with Crippen molar-refractivity contribution in [1.82, 2.24) is 4.90 Å². The van der Waals surface area contributed by atoms with Crippen molar-refractivity contribution in [2.45, 2.75) is 25.7 Å². The van der Waals surface area contributed by atoms with E-state index in [1.54, 1.807) is 0 Å². The fourth-order valence-corrected chi connectivity index (χ4v) is 3.07. The van der Waals surface area contributed by atoms with E-state index in [9.17, 15) is 0 Å². The molecule has 1 saturated heterocycles. The molecule has 2 fully saturated rings. The number of hydrogen-bond acceptors (Lipinski definition) is 2. The topological polar surface area (TPSA) is 29.3 Å². The zero-order valence-corrected chi connectivity index (χ0v) is 8.85. The molecule has 0 radical (unpaired) electrons. The summed E-state index contributed by atoms with van der Waals surface area (Å²) in [5, 5.41) is 0. The largest absolute Gasteiger partial charge is 0.392 e. The summed E-state index contributed by atoms with van der Waals surface area (Å²) in [6.45, 7) is 3.30. The van der Waals surface area contributed by atoms with Crippen molar-refractivity contribution in [1.29, 1.82) is 0 Å². The van der Waals surface area contributed by atoms with Crippen molar-refractivity contribution in [2.24, 2.45) is 17.6 Å². The van der Waals surface area contributed by atoms with Gasteiger partial charge >= 0.3 is 0 Å². The minimum Gasteiger partial charge on any atom is -0.392 e. The van der Waals surface area contributed by atoms with Crippen LogP contribution < -0.4 is 5.73 Å². The Morgan fingerprint density at radius 3 is 2.46 bits per heavy atom. The molecule has 74 valence electrons. The molecule has 1 heterocycles. The van der Waals surface area contributed by atoms with Crippen molar-refractivity contribution in [3.8, 4) is 0 Å². The third kappa shape index (κ3) is 2.41. The molecular formula is C10H18N2S. The van der Waals surface area contributed by atoms with Crippen LogP contribution >= 0.6 is 12.2 Å². The molecular weight excluding hydrogens is 180 g/mol. The first-order valence-electron chi connectivity index (χ1n) is 5.24. The highest BCUT2D eigenvalue weighted by molar-refractivity contribution is 7.80. The molecule has 0 aromatic carbocycles. The van der Waals surface area contributed by atoms with Gasteiger partial charge in [-0.15, -0.1) is 0 Å². The minimum absolute atomic E-state index is 0.653. The van der Waals surface area contributed by atoms with Gasteiger partial charge in [-0.1, -0.05) is 18.6 Å². The second kappa shape index (κ2) is 3.93. The van der Waals surface area contributed by atoms with E-state index >= 15 is 0 Å². The number of nitrogens with two attached hydrogens (primary N) is 1. The molecule has 1 aliphatic heterocycles. The molecule has 2 bridgehead atoms. The third-order valence-electron chi connectivity index (χ3n) is 3.30. The summed E-state index contributed by atoms with van der Waals surface area (Å²) < 4.78 is 0. The van der Waals surface area contributed by atoms with E-state index in [0.29, 0.717) is 4.99 Å². The van der Waals surface area contributed by atoms with Crippen LogP contribution in [-0.2, 0) is 0 Å². The van der Waals surface area contributed by atoms with Crippen LogP contribution in [-0.4, -0.2) is 29.5 Å². The lowest BCUT2D eigenvalue weighted by Gasteiger charge is -2.41. The molecule has 3 heteroatoms. The van der Waals surface area contributed by atoms with Crippen LogP contribution in [0.2, 0.25) is 0 Å². The summed E-state index contributed by atoms with van der Waals surface area (Å²) in [6.07, 6.45) is 5.73. The van der Waals surface area contributed by atoms with Crippen LogP contribution in [0, 0.1) is 11.8 Å². The lowest BCUT2D eigenvalue weighted by molar-refractivity contribution is 0.0989. The van der Waals surface area contributed by atoms with Crippen molar-refractivity contribution in [3.63, 3.8) is 0 Å². The van der Waals surface area contributed by atoms with E-state index in [-0.39, 0.29) is 0 Å². The monoisotopic (exact) mass is 198 g/mol. The lowest BCUT2D eigenvalue weighted by Crippen LogP contribution is -2.45. The first-order chi connectivity index (χ1) is 6.24. The summed E-state index contributed by atoms with van der Waals surface area (Å²) in [7, 11) is 0. The summed E-state index contributed by atoms with van der Waals surface area (Å²) in [4.78, 5) is 3.10. The summed E-state index contributed by atoms with van der Waals surface area (Å²) >= 11 is 4.94. The van der Waals surface area contributed by atoms with E-state index in [1.807, 2.05) is 0 Å². The number of hydrogen-bond donors (Lipinski definition) is 1. The Kier molecular flexibility index (Phi) is 2.84. The van der Waals surface area contributed by atoms with Crippen LogP contribution in [0.1, 0.15) is 25.7 Å². The van der Waals surface area contributed by atoms with Crippen LogP contribution in [0.4, 0.5) is 0 Å². The van der Waals surface area contributed by atoms with E-state index in [0.717, 1.165) is 18.4 Å². The predicted octanol–water partition coefficient (Wildman–Crippen LogP) is 1.39. The maximum atomic E-state index is 5.56. The summed E-state index contributed by atoms with van der Waals surface area (Å²) in [5.74, 6) is 1.86. The molecule has 2 rings (SSSR count). The standard InChI is InChI=1S/C10H18N2S/c11-10(13)7-12-5-8-2-1-3-9(4-8)6-12/h8-9H,1-7H2,(H2,11,13). The van der Waals surface area contributed by atoms with E-state index in [4.69, 9.17) is 18.0 Å². The normalized spacial score (nSPS) is 34.5. The first kappa shape index (κ1) is 9.41. The van der Waals surface area contributed by atoms with Gasteiger partial charge in [0.25, 0.3) is 0 Å². The van der Waals surface area contributed by atoms with Crippen molar-refractivity contribution in [2.75, 3.05) is 19.6 Å². The Morgan fingerprint density at radius 1 is 1.31 bits per heavy atom. The minimum atomic E-state index is 0.653. The number of thiocarbonyl (C=S) groups is 1. The van der Waals surface area contributed by atoms with E-state index < -0.39 is 0 Å². The zero-order chi connectivity index (χ0) is 9.26. The van der Waals surface area contributed by atoms with Crippen LogP contribution in [0.3, 0.4) is 0 Å². The van der Waals surface area contributed by atoms with Gasteiger partial charge < -0.3 is 5.73 Å². The van der Waals surface area contributed by atoms with E-state index in [1.165, 1.54) is 38.8 Å². The third-order valence-corrected chi connectivity index (χ3v) is 3.43. The van der Waals surface area contributed by atoms with Gasteiger partial charge in [0.15, 0.2) is 0 Å². The maximum Gasteiger partial charge on any atom is 0.0870 e. The highest BCUT2D eigenvalue weighted by Crippen LogP contribution is 2.33. The second-order valence-electron chi connectivity index (χ2n) is 4.56. The number of piperidine rings is 1. The molecule has 13 heavy (non-hydrogen) atoms. The summed E-state index contributed by atoms with van der Waals surface area (Å²) in [6, 6.07) is 0. The number of rotatable bonds is 2. The number of nitrogens with zero attached hydrogens (tertiary/aromatic N) is 1. The van der Waals surface area contributed by atoms with Crippen LogP contribution in [0.5, 0.6) is 0 Å². The maximum absolute atomic E-state index is 5.56. The average molecular weight is 198 g/mol. The van der Waals surface area contributed by atoms with Gasteiger partial charge in [-0.2, -0.15) is 0 Å². The molecule has 0 amide bonds. The first-order valence-corrected chi connectivity index (χ1v) is 5.65. The Labute approximate surface area is 85.5 Å². The van der Waals surface area contributed by atoms with Gasteiger partial charge in [-0.25, -0.2) is 0 Å². The van der Waals surface area contributed by atoms with Crippen molar-refractivity contribution < 1.29 is 0 Å². The van der Waals surface area contributed by atoms with E-state index in [2.05, 4.69) is 4.90 Å². The molecule has 0 spiro atoms. The van der Waals surface area contributed by atoms with Gasteiger partial charge in [0.2, 0.25) is 0 Å². The Balaban J connectivity index is 1.90. The molecule has 2 unspecified atom stereocenters. The molecule has 1 saturated carbocycles. The van der Waals surface area contributed by atoms with Gasteiger partial charge in [0, 0.05) is 19.6 Å². The fourth-order valence-electron chi connectivity index (χ4n) is 2.89. The SMILES string of the molecule is NC(=S)CN1CC2CCCC(C2)C1. The smallest absolute Gasteiger partial charge is 0.0870 e. The van der Waals surface area contributed by atoms with Gasteiger partial charge in [-0.3, -0.25) is 4.90 Å². The van der Waals surface area contributed by atoms with Crippen LogP contribution in [0.15, 0.2) is 0 Å². The Morgan fingerprint density at radius 2 is 1.92 bits per heavy atom. The Bertz CT molecular complexity index is 193. The highest BCUT2D eigenvalue weighted by atomic mass is 32.1. The van der Waals surface area contributed by atoms with Gasteiger partial charge in [0.1, 0.15) is 0 Å². The van der Waals surface area contributed by atoms with Gasteiger partial charge in [0.05, 0.1) is 4.99 Å². The molecule has 0 aromatic rings. The molecule has 2 atom stereocenters. The molecule has 2 aliphatic rings. The zero-order valence-electron chi connectivity index (χ0n) is 8.04. The lowest BCUT2D eigenvalue weighted by atomic mass is 9.78. The molecule has 2 nitrogen and oxygen atoms in total. The average Bonchev–Trinajstić information content (AvgIpc) is 2.01.